The summed E-state index contributed by atoms with van der Waals surface area (Å²) in [4.78, 5) is 0. The van der Waals surface area contributed by atoms with Crippen molar-refractivity contribution in [3.63, 3.8) is 0 Å². The van der Waals surface area contributed by atoms with Gasteiger partial charge in [0.25, 0.3) is 0 Å². The van der Waals surface area contributed by atoms with E-state index in [-0.39, 0.29) is 5.54 Å². The Kier molecular flexibility index (Phi) is 8.98. The average Bonchev–Trinajstić information content (AvgIpc) is 2.52. The van der Waals surface area contributed by atoms with Crippen LogP contribution < -0.4 is 10.6 Å². The SMILES string of the molecule is Cc1ccc(O)c(Pc2c(C)cccc2C[N-]C(C)(C)C)c1.[Cl][Ti+]. The Balaban J connectivity index is 0.00000139. The van der Waals surface area contributed by atoms with Crippen molar-refractivity contribution in [1.82, 2.24) is 0 Å². The first-order valence-electron chi connectivity index (χ1n) is 7.79. The molecule has 0 radical (unpaired) electrons. The summed E-state index contributed by atoms with van der Waals surface area (Å²) in [5, 5.41) is 17.2. The zero-order valence-corrected chi connectivity index (χ0v) is 18.3. The molecule has 0 saturated carbocycles. The van der Waals surface area contributed by atoms with Crippen molar-refractivity contribution in [2.45, 2.75) is 46.7 Å². The molecule has 0 aliphatic rings. The fraction of sp³-hybridized carbons (Fsp3) is 0.368. The van der Waals surface area contributed by atoms with Crippen LogP contribution in [0.3, 0.4) is 0 Å². The summed E-state index contributed by atoms with van der Waals surface area (Å²) in [5.41, 5.74) is 3.67. The predicted molar refractivity (Wildman–Crippen MR) is 104 cm³/mol. The third kappa shape index (κ3) is 6.86. The van der Waals surface area contributed by atoms with Gasteiger partial charge in [0.15, 0.2) is 0 Å². The molecule has 0 heterocycles. The van der Waals surface area contributed by atoms with Gasteiger partial charge in [-0.05, 0) is 36.8 Å². The molecule has 0 spiro atoms. The molecule has 0 aromatic heterocycles. The fourth-order valence-corrected chi connectivity index (χ4v) is 3.63. The van der Waals surface area contributed by atoms with Crippen molar-refractivity contribution in [2.75, 3.05) is 0 Å². The van der Waals surface area contributed by atoms with E-state index < -0.39 is 0 Å². The Morgan fingerprint density at radius 3 is 2.42 bits per heavy atom. The van der Waals surface area contributed by atoms with Gasteiger partial charge in [0, 0.05) is 5.30 Å². The Morgan fingerprint density at radius 2 is 1.79 bits per heavy atom. The van der Waals surface area contributed by atoms with Gasteiger partial charge in [-0.1, -0.05) is 64.7 Å². The third-order valence-corrected chi connectivity index (χ3v) is 5.13. The molecule has 128 valence electrons. The molecule has 2 rings (SSSR count). The van der Waals surface area contributed by atoms with Gasteiger partial charge < -0.3 is 10.4 Å². The molecule has 0 fully saturated rings. The van der Waals surface area contributed by atoms with E-state index in [4.69, 9.17) is 5.32 Å². The van der Waals surface area contributed by atoms with E-state index in [0.717, 1.165) is 11.8 Å². The van der Waals surface area contributed by atoms with Gasteiger partial charge in [0.05, 0.1) is 0 Å². The molecule has 0 aliphatic heterocycles. The molecule has 0 bridgehead atoms. The first kappa shape index (κ1) is 21.7. The zero-order valence-electron chi connectivity index (χ0n) is 14.9. The average molecular weight is 398 g/mol. The number of aryl methyl sites for hydroxylation is 2. The number of nitrogens with zero attached hydrogens (tertiary/aromatic N) is 1. The van der Waals surface area contributed by atoms with Gasteiger partial charge in [-0.2, -0.15) is 0 Å². The van der Waals surface area contributed by atoms with Crippen molar-refractivity contribution in [1.29, 1.82) is 0 Å². The molecule has 2 aromatic carbocycles. The summed E-state index contributed by atoms with van der Waals surface area (Å²) < 4.78 is 0. The van der Waals surface area contributed by atoms with Gasteiger partial charge in [-0.3, -0.25) is 0 Å². The zero-order chi connectivity index (χ0) is 18.3. The molecule has 2 nitrogen and oxygen atoms in total. The Hall–Kier alpha value is -0.366. The second-order valence-corrected chi connectivity index (χ2v) is 8.03. The van der Waals surface area contributed by atoms with Crippen molar-refractivity contribution in [3.05, 3.63) is 58.4 Å². The molecule has 24 heavy (non-hydrogen) atoms. The molecular formula is C19H25ClNOPTi. The van der Waals surface area contributed by atoms with E-state index in [2.05, 4.69) is 68.2 Å². The summed E-state index contributed by atoms with van der Waals surface area (Å²) in [5.74, 6) is 0.380. The van der Waals surface area contributed by atoms with Crippen LogP contribution in [0.25, 0.3) is 5.32 Å². The van der Waals surface area contributed by atoms with E-state index in [1.54, 1.807) is 6.07 Å². The van der Waals surface area contributed by atoms with Crippen LogP contribution in [-0.4, -0.2) is 10.6 Å². The minimum atomic E-state index is -0.0321. The van der Waals surface area contributed by atoms with E-state index >= 15 is 0 Å². The molecular weight excluding hydrogens is 373 g/mol. The van der Waals surface area contributed by atoms with Crippen molar-refractivity contribution in [3.8, 4) is 5.75 Å². The summed E-state index contributed by atoms with van der Waals surface area (Å²) in [7, 11) is 5.09. The number of benzene rings is 2. The molecule has 2 aromatic rings. The fourth-order valence-electron chi connectivity index (χ4n) is 2.25. The number of halogens is 1. The molecule has 0 amide bonds. The molecule has 0 saturated heterocycles. The summed E-state index contributed by atoms with van der Waals surface area (Å²) >= 11 is 1.47. The van der Waals surface area contributed by atoms with Crippen LogP contribution >= 0.6 is 17.9 Å². The maximum atomic E-state index is 10.1. The minimum absolute atomic E-state index is 0.0321. The van der Waals surface area contributed by atoms with Crippen LogP contribution in [0.15, 0.2) is 36.4 Å². The first-order valence-corrected chi connectivity index (χ1v) is 10.9. The van der Waals surface area contributed by atoms with Crippen LogP contribution in [-0.2, 0) is 25.9 Å². The topological polar surface area (TPSA) is 34.3 Å². The third-order valence-electron chi connectivity index (χ3n) is 3.49. The van der Waals surface area contributed by atoms with Crippen LogP contribution in [0.1, 0.15) is 37.5 Å². The molecule has 1 atom stereocenters. The summed E-state index contributed by atoms with van der Waals surface area (Å²) in [6, 6.07) is 12.2. The molecule has 5 heteroatoms. The maximum absolute atomic E-state index is 10.1. The van der Waals surface area contributed by atoms with Crippen molar-refractivity contribution < 1.29 is 24.5 Å². The number of rotatable bonds is 4. The number of phenols is 1. The normalized spacial score (nSPS) is 11.4. The van der Waals surface area contributed by atoms with Gasteiger partial charge in [0.2, 0.25) is 0 Å². The van der Waals surface area contributed by atoms with E-state index in [1.807, 2.05) is 6.07 Å². The number of hydrogen-bond acceptors (Lipinski definition) is 1. The number of phenolic OH excluding ortho intramolecular Hbond substituents is 1. The van der Waals surface area contributed by atoms with Crippen LogP contribution in [0, 0.1) is 13.8 Å². The van der Waals surface area contributed by atoms with Crippen LogP contribution in [0.4, 0.5) is 0 Å². The van der Waals surface area contributed by atoms with Gasteiger partial charge in [-0.25, -0.2) is 0 Å². The molecule has 0 aliphatic carbocycles. The molecule has 1 N–H and O–H groups in total. The van der Waals surface area contributed by atoms with Crippen molar-refractivity contribution in [2.24, 2.45) is 0 Å². The monoisotopic (exact) mass is 397 g/mol. The van der Waals surface area contributed by atoms with Crippen LogP contribution in [0.2, 0.25) is 0 Å². The second-order valence-electron chi connectivity index (χ2n) is 6.74. The van der Waals surface area contributed by atoms with E-state index in [0.29, 0.717) is 14.3 Å². The molecule has 1 unspecified atom stereocenters. The van der Waals surface area contributed by atoms with E-state index in [1.165, 1.54) is 41.4 Å². The number of hydrogen-bond donors (Lipinski definition) is 1. The van der Waals surface area contributed by atoms with Crippen molar-refractivity contribution >= 4 is 28.5 Å². The Labute approximate surface area is 163 Å². The Bertz CT molecular complexity index is 671. The van der Waals surface area contributed by atoms with Gasteiger partial charge >= 0.3 is 28.7 Å². The summed E-state index contributed by atoms with van der Waals surface area (Å²) in [6.07, 6.45) is 0. The number of aromatic hydroxyl groups is 1. The van der Waals surface area contributed by atoms with E-state index in [9.17, 15) is 5.11 Å². The predicted octanol–water partition coefficient (Wildman–Crippen LogP) is 5.00. The van der Waals surface area contributed by atoms with Crippen LogP contribution in [0.5, 0.6) is 5.75 Å². The Morgan fingerprint density at radius 1 is 1.12 bits per heavy atom. The summed E-state index contributed by atoms with van der Waals surface area (Å²) in [6.45, 7) is 11.3. The quantitative estimate of drug-likeness (QED) is 0.572. The van der Waals surface area contributed by atoms with Gasteiger partial charge in [0.1, 0.15) is 5.75 Å². The first-order chi connectivity index (χ1) is 11.3. The standard InChI is InChI=1S/C19H25NOP.ClH.Ti/c1-13-9-10-16(21)17(11-13)22-18-14(2)7-6-8-15(18)12-20-19(3,4)5;;/h6-11,21-22H,12H2,1-5H3;1H;/q-1;;+2/p-1. The van der Waals surface area contributed by atoms with Gasteiger partial charge in [-0.15, -0.1) is 12.1 Å². The second kappa shape index (κ2) is 9.95.